The molecule has 2 fully saturated rings. The fraction of sp³-hybridized carbons (Fsp3) is 0.524. The maximum atomic E-state index is 12.6. The van der Waals surface area contributed by atoms with Gasteiger partial charge < -0.3 is 15.0 Å². The highest BCUT2D eigenvalue weighted by Crippen LogP contribution is 2.41. The molecule has 6 nitrogen and oxygen atoms in total. The number of nitrogens with zero attached hydrogens (tertiary/aromatic N) is 2. The molecule has 144 valence electrons. The van der Waals surface area contributed by atoms with Gasteiger partial charge in [-0.25, -0.2) is 4.79 Å². The second-order valence-corrected chi connectivity index (χ2v) is 7.61. The summed E-state index contributed by atoms with van der Waals surface area (Å²) in [5.41, 5.74) is 3.72. The summed E-state index contributed by atoms with van der Waals surface area (Å²) in [6, 6.07) is 8.58. The molecule has 27 heavy (non-hydrogen) atoms. The van der Waals surface area contributed by atoms with Crippen LogP contribution in [0.1, 0.15) is 54.8 Å². The third kappa shape index (κ3) is 3.94. The molecule has 1 saturated heterocycles. The van der Waals surface area contributed by atoms with Gasteiger partial charge in [-0.05, 0) is 62.3 Å². The van der Waals surface area contributed by atoms with Crippen LogP contribution in [-0.2, 0) is 0 Å². The van der Waals surface area contributed by atoms with Crippen molar-refractivity contribution in [2.45, 2.75) is 51.0 Å². The zero-order valence-corrected chi connectivity index (χ0v) is 16.1. The van der Waals surface area contributed by atoms with Gasteiger partial charge in [-0.3, -0.25) is 5.10 Å². The number of carbonyl (C=O) groups excluding carboxylic acids is 1. The molecule has 1 saturated carbocycles. The molecule has 2 aliphatic rings. The third-order valence-corrected chi connectivity index (χ3v) is 5.81. The van der Waals surface area contributed by atoms with Gasteiger partial charge in [-0.2, -0.15) is 5.10 Å². The Hall–Kier alpha value is -2.50. The number of aromatic amines is 1. The standard InChI is InChI=1S/C21H28N4O2/c1-3-27-17-6-4-15(5-7-17)18-12-20(18)23-21(26)25-10-8-16(9-11-25)19-13-22-24-14(19)2/h4-7,13,16,18,20H,3,8-12H2,1-2H3,(H,22,24)(H,23,26)/t18-,20+/m0/s1. The number of carbonyl (C=O) groups is 1. The number of hydrogen-bond donors (Lipinski definition) is 2. The van der Waals surface area contributed by atoms with Crippen molar-refractivity contribution < 1.29 is 9.53 Å². The first-order valence-corrected chi connectivity index (χ1v) is 9.93. The van der Waals surface area contributed by atoms with Gasteiger partial charge in [0.15, 0.2) is 0 Å². The molecule has 0 unspecified atom stereocenters. The van der Waals surface area contributed by atoms with Crippen LogP contribution in [0.25, 0.3) is 0 Å². The van der Waals surface area contributed by atoms with Gasteiger partial charge in [0.2, 0.25) is 0 Å². The quantitative estimate of drug-likeness (QED) is 0.848. The van der Waals surface area contributed by atoms with E-state index in [4.69, 9.17) is 4.74 Å². The van der Waals surface area contributed by atoms with E-state index in [0.717, 1.165) is 43.8 Å². The number of hydrogen-bond acceptors (Lipinski definition) is 3. The van der Waals surface area contributed by atoms with Crippen molar-refractivity contribution in [2.75, 3.05) is 19.7 Å². The largest absolute Gasteiger partial charge is 0.494 e. The minimum absolute atomic E-state index is 0.0794. The van der Waals surface area contributed by atoms with E-state index < -0.39 is 0 Å². The van der Waals surface area contributed by atoms with Gasteiger partial charge in [0.25, 0.3) is 0 Å². The lowest BCUT2D eigenvalue weighted by atomic mass is 9.90. The number of aromatic nitrogens is 2. The average Bonchev–Trinajstić information content (AvgIpc) is 3.32. The van der Waals surface area contributed by atoms with Crippen molar-refractivity contribution in [1.82, 2.24) is 20.4 Å². The second kappa shape index (κ2) is 7.62. The summed E-state index contributed by atoms with van der Waals surface area (Å²) in [5, 5.41) is 10.4. The minimum Gasteiger partial charge on any atom is -0.494 e. The van der Waals surface area contributed by atoms with E-state index >= 15 is 0 Å². The van der Waals surface area contributed by atoms with Crippen LogP contribution >= 0.6 is 0 Å². The van der Waals surface area contributed by atoms with Gasteiger partial charge in [0, 0.05) is 30.7 Å². The number of benzene rings is 1. The van der Waals surface area contributed by atoms with E-state index in [1.165, 1.54) is 11.1 Å². The fourth-order valence-electron chi connectivity index (χ4n) is 4.12. The topological polar surface area (TPSA) is 70.2 Å². The van der Waals surface area contributed by atoms with Crippen molar-refractivity contribution in [3.05, 3.63) is 47.3 Å². The zero-order valence-electron chi connectivity index (χ0n) is 16.1. The first kappa shape index (κ1) is 17.9. The Kier molecular flexibility index (Phi) is 5.05. The number of likely N-dealkylation sites (tertiary alicyclic amines) is 1. The van der Waals surface area contributed by atoms with E-state index in [0.29, 0.717) is 18.4 Å². The Morgan fingerprint density at radius 3 is 2.67 bits per heavy atom. The zero-order chi connectivity index (χ0) is 18.8. The van der Waals surface area contributed by atoms with Gasteiger partial charge >= 0.3 is 6.03 Å². The molecule has 6 heteroatoms. The first-order valence-electron chi connectivity index (χ1n) is 9.93. The molecule has 2 heterocycles. The third-order valence-electron chi connectivity index (χ3n) is 5.81. The summed E-state index contributed by atoms with van der Waals surface area (Å²) in [6.45, 7) is 6.34. The lowest BCUT2D eigenvalue weighted by Gasteiger charge is -2.32. The van der Waals surface area contributed by atoms with Crippen molar-refractivity contribution in [2.24, 2.45) is 0 Å². The predicted molar refractivity (Wildman–Crippen MR) is 104 cm³/mol. The summed E-state index contributed by atoms with van der Waals surface area (Å²) in [4.78, 5) is 14.6. The molecule has 2 amide bonds. The van der Waals surface area contributed by atoms with Crippen LogP contribution in [0, 0.1) is 6.92 Å². The number of amides is 2. The summed E-state index contributed by atoms with van der Waals surface area (Å²) < 4.78 is 5.49. The van der Waals surface area contributed by atoms with Gasteiger partial charge in [-0.1, -0.05) is 12.1 Å². The number of nitrogens with one attached hydrogen (secondary N) is 2. The van der Waals surface area contributed by atoms with Crippen LogP contribution in [0.4, 0.5) is 4.79 Å². The molecule has 0 bridgehead atoms. The van der Waals surface area contributed by atoms with Crippen molar-refractivity contribution in [3.8, 4) is 5.75 Å². The Morgan fingerprint density at radius 2 is 2.04 bits per heavy atom. The molecular weight excluding hydrogens is 340 g/mol. The summed E-state index contributed by atoms with van der Waals surface area (Å²) >= 11 is 0. The Bertz CT molecular complexity index is 778. The molecule has 1 aliphatic heterocycles. The number of piperidine rings is 1. The average molecular weight is 368 g/mol. The molecular formula is C21H28N4O2. The Balaban J connectivity index is 1.25. The van der Waals surface area contributed by atoms with E-state index in [1.54, 1.807) is 0 Å². The summed E-state index contributed by atoms with van der Waals surface area (Å²) in [6.07, 6.45) is 4.95. The number of rotatable bonds is 5. The molecule has 2 atom stereocenters. The van der Waals surface area contributed by atoms with Crippen LogP contribution in [0.2, 0.25) is 0 Å². The highest BCUT2D eigenvalue weighted by Gasteiger charge is 2.40. The Morgan fingerprint density at radius 1 is 1.30 bits per heavy atom. The maximum Gasteiger partial charge on any atom is 0.317 e. The Labute approximate surface area is 160 Å². The lowest BCUT2D eigenvalue weighted by molar-refractivity contribution is 0.180. The van der Waals surface area contributed by atoms with Crippen molar-refractivity contribution in [3.63, 3.8) is 0 Å². The predicted octanol–water partition coefficient (Wildman–Crippen LogP) is 3.56. The van der Waals surface area contributed by atoms with Gasteiger partial charge in [-0.15, -0.1) is 0 Å². The molecule has 0 radical (unpaired) electrons. The van der Waals surface area contributed by atoms with Crippen LogP contribution in [-0.4, -0.2) is 46.9 Å². The normalized spacial score (nSPS) is 22.5. The van der Waals surface area contributed by atoms with Crippen molar-refractivity contribution in [1.29, 1.82) is 0 Å². The fourth-order valence-corrected chi connectivity index (χ4v) is 4.12. The number of aryl methyl sites for hydroxylation is 1. The number of ether oxygens (including phenoxy) is 1. The van der Waals surface area contributed by atoms with Crippen molar-refractivity contribution >= 4 is 6.03 Å². The lowest BCUT2D eigenvalue weighted by Crippen LogP contribution is -2.45. The molecule has 2 aromatic rings. The van der Waals surface area contributed by atoms with Gasteiger partial charge in [0.1, 0.15) is 5.75 Å². The van der Waals surface area contributed by atoms with E-state index in [9.17, 15) is 4.79 Å². The number of H-pyrrole nitrogens is 1. The molecule has 1 aliphatic carbocycles. The van der Waals surface area contributed by atoms with E-state index in [2.05, 4.69) is 34.6 Å². The smallest absolute Gasteiger partial charge is 0.317 e. The van der Waals surface area contributed by atoms with Gasteiger partial charge in [0.05, 0.1) is 12.8 Å². The molecule has 1 aromatic heterocycles. The molecule has 2 N–H and O–H groups in total. The summed E-state index contributed by atoms with van der Waals surface area (Å²) in [5.74, 6) is 1.83. The molecule has 0 spiro atoms. The maximum absolute atomic E-state index is 12.6. The second-order valence-electron chi connectivity index (χ2n) is 7.61. The van der Waals surface area contributed by atoms with E-state index in [-0.39, 0.29) is 12.1 Å². The highest BCUT2D eigenvalue weighted by molar-refractivity contribution is 5.75. The molecule has 4 rings (SSSR count). The summed E-state index contributed by atoms with van der Waals surface area (Å²) in [7, 11) is 0. The van der Waals surface area contributed by atoms with Crippen LogP contribution < -0.4 is 10.1 Å². The highest BCUT2D eigenvalue weighted by atomic mass is 16.5. The molecule has 1 aromatic carbocycles. The van der Waals surface area contributed by atoms with Crippen LogP contribution in [0.15, 0.2) is 30.5 Å². The monoisotopic (exact) mass is 368 g/mol. The SMILES string of the molecule is CCOc1ccc([C@@H]2C[C@H]2NC(=O)N2CCC(c3cn[nH]c3C)CC2)cc1. The minimum atomic E-state index is 0.0794. The van der Waals surface area contributed by atoms with E-state index in [1.807, 2.05) is 30.2 Å². The van der Waals surface area contributed by atoms with Crippen LogP contribution in [0.5, 0.6) is 5.75 Å². The first-order chi connectivity index (χ1) is 13.2. The van der Waals surface area contributed by atoms with Crippen LogP contribution in [0.3, 0.4) is 0 Å². The number of urea groups is 1.